The van der Waals surface area contributed by atoms with E-state index < -0.39 is 0 Å². The first-order valence-electron chi connectivity index (χ1n) is 7.67. The highest BCUT2D eigenvalue weighted by Crippen LogP contribution is 2.27. The van der Waals surface area contributed by atoms with Crippen LogP contribution in [0, 0.1) is 6.92 Å². The lowest BCUT2D eigenvalue weighted by atomic mass is 10.0. The molecule has 1 aliphatic rings. The Labute approximate surface area is 128 Å². The highest BCUT2D eigenvalue weighted by Gasteiger charge is 2.14. The van der Waals surface area contributed by atoms with Crippen molar-refractivity contribution in [3.8, 4) is 0 Å². The summed E-state index contributed by atoms with van der Waals surface area (Å²) in [6, 6.07) is 8.63. The van der Waals surface area contributed by atoms with Gasteiger partial charge in [0, 0.05) is 6.54 Å². The van der Waals surface area contributed by atoms with Gasteiger partial charge >= 0.3 is 0 Å². The number of aromatic nitrogens is 3. The van der Waals surface area contributed by atoms with Crippen LogP contribution in [0.25, 0.3) is 11.0 Å². The summed E-state index contributed by atoms with van der Waals surface area (Å²) in [6.07, 6.45) is 3.66. The molecule has 0 fully saturated rings. The normalized spacial score (nSPS) is 13.5. The zero-order valence-electron chi connectivity index (χ0n) is 12.6. The molecule has 0 saturated heterocycles. The van der Waals surface area contributed by atoms with Crippen molar-refractivity contribution in [1.82, 2.24) is 15.2 Å². The van der Waals surface area contributed by atoms with E-state index in [-0.39, 0.29) is 0 Å². The van der Waals surface area contributed by atoms with Gasteiger partial charge < -0.3 is 11.1 Å². The van der Waals surface area contributed by atoms with E-state index in [4.69, 9.17) is 5.73 Å². The molecule has 5 heteroatoms. The Balaban J connectivity index is 1.62. The first-order chi connectivity index (χ1) is 10.7. The van der Waals surface area contributed by atoms with Gasteiger partial charge in [0.05, 0.1) is 5.39 Å². The standard InChI is InChI=1S/C17H19N5/c1-10-8-14-15(18)21-22-17(14)20-16(10)19-9-12-6-2-4-11-5-3-7-13(11)12/h2,4,6,8H,3,5,7,9H2,1H3,(H4,18,19,20,21,22). The summed E-state index contributed by atoms with van der Waals surface area (Å²) >= 11 is 0. The molecule has 0 unspecified atom stereocenters. The zero-order valence-corrected chi connectivity index (χ0v) is 12.6. The Morgan fingerprint density at radius 1 is 1.32 bits per heavy atom. The first-order valence-corrected chi connectivity index (χ1v) is 7.67. The number of benzene rings is 1. The molecule has 2 aromatic heterocycles. The fourth-order valence-corrected chi connectivity index (χ4v) is 3.28. The second-order valence-electron chi connectivity index (χ2n) is 5.92. The van der Waals surface area contributed by atoms with Gasteiger partial charge in [-0.15, -0.1) is 0 Å². The molecule has 0 aliphatic heterocycles. The molecular weight excluding hydrogens is 274 g/mol. The third-order valence-corrected chi connectivity index (χ3v) is 4.45. The van der Waals surface area contributed by atoms with E-state index in [0.717, 1.165) is 23.3 Å². The van der Waals surface area contributed by atoms with Crippen molar-refractivity contribution in [2.75, 3.05) is 11.1 Å². The lowest BCUT2D eigenvalue weighted by molar-refractivity contribution is 0.905. The Morgan fingerprint density at radius 3 is 3.14 bits per heavy atom. The SMILES string of the molecule is Cc1cc2c(N)[nH]nc2nc1NCc1cccc2c1CCC2. The summed E-state index contributed by atoms with van der Waals surface area (Å²) in [5, 5.41) is 11.2. The molecule has 3 aromatic rings. The van der Waals surface area contributed by atoms with Crippen LogP contribution in [-0.4, -0.2) is 15.2 Å². The quantitative estimate of drug-likeness (QED) is 0.693. The number of nitrogens with one attached hydrogen (secondary N) is 2. The predicted molar refractivity (Wildman–Crippen MR) is 88.8 cm³/mol. The van der Waals surface area contributed by atoms with Crippen LogP contribution in [0.15, 0.2) is 24.3 Å². The maximum atomic E-state index is 5.84. The van der Waals surface area contributed by atoms with Crippen LogP contribution < -0.4 is 11.1 Å². The van der Waals surface area contributed by atoms with Gasteiger partial charge in [-0.3, -0.25) is 5.10 Å². The molecule has 0 atom stereocenters. The van der Waals surface area contributed by atoms with Gasteiger partial charge in [0.1, 0.15) is 11.6 Å². The summed E-state index contributed by atoms with van der Waals surface area (Å²) < 4.78 is 0. The lowest BCUT2D eigenvalue weighted by Crippen LogP contribution is -2.06. The van der Waals surface area contributed by atoms with Gasteiger partial charge in [-0.05, 0) is 54.5 Å². The van der Waals surface area contributed by atoms with Gasteiger partial charge in [-0.25, -0.2) is 4.98 Å². The molecule has 0 bridgehead atoms. The van der Waals surface area contributed by atoms with Crippen molar-refractivity contribution in [2.24, 2.45) is 0 Å². The van der Waals surface area contributed by atoms with Crippen LogP contribution in [0.4, 0.5) is 11.6 Å². The van der Waals surface area contributed by atoms with Crippen molar-refractivity contribution < 1.29 is 0 Å². The number of nitrogen functional groups attached to an aromatic ring is 1. The summed E-state index contributed by atoms with van der Waals surface area (Å²) in [4.78, 5) is 4.57. The number of aryl methyl sites for hydroxylation is 2. The van der Waals surface area contributed by atoms with Gasteiger partial charge in [-0.1, -0.05) is 18.2 Å². The summed E-state index contributed by atoms with van der Waals surface area (Å²) in [6.45, 7) is 2.83. The fourth-order valence-electron chi connectivity index (χ4n) is 3.28. The van der Waals surface area contributed by atoms with E-state index in [2.05, 4.69) is 38.7 Å². The second kappa shape index (κ2) is 5.02. The van der Waals surface area contributed by atoms with Crippen molar-refractivity contribution in [2.45, 2.75) is 32.7 Å². The average Bonchev–Trinajstić information content (AvgIpc) is 3.13. The van der Waals surface area contributed by atoms with Crippen LogP contribution in [0.5, 0.6) is 0 Å². The zero-order chi connectivity index (χ0) is 15.1. The maximum absolute atomic E-state index is 5.84. The van der Waals surface area contributed by atoms with E-state index in [1.165, 1.54) is 36.0 Å². The highest BCUT2D eigenvalue weighted by atomic mass is 15.2. The van der Waals surface area contributed by atoms with Gasteiger partial charge in [0.15, 0.2) is 5.65 Å². The minimum Gasteiger partial charge on any atom is -0.384 e. The third kappa shape index (κ3) is 2.09. The summed E-state index contributed by atoms with van der Waals surface area (Å²) in [7, 11) is 0. The molecule has 0 saturated carbocycles. The Kier molecular flexibility index (Phi) is 2.99. The highest BCUT2D eigenvalue weighted by molar-refractivity contribution is 5.87. The van der Waals surface area contributed by atoms with Crippen molar-refractivity contribution >= 4 is 22.7 Å². The summed E-state index contributed by atoms with van der Waals surface area (Å²) in [5.41, 5.74) is 12.0. The minimum absolute atomic E-state index is 0.568. The molecule has 112 valence electrons. The molecule has 4 rings (SSSR count). The maximum Gasteiger partial charge on any atom is 0.185 e. The van der Waals surface area contributed by atoms with Gasteiger partial charge in [-0.2, -0.15) is 5.10 Å². The second-order valence-corrected chi connectivity index (χ2v) is 5.92. The number of fused-ring (bicyclic) bond motifs is 2. The number of pyridine rings is 1. The topological polar surface area (TPSA) is 79.6 Å². The average molecular weight is 293 g/mol. The number of H-pyrrole nitrogens is 1. The molecular formula is C17H19N5. The van der Waals surface area contributed by atoms with Crippen LogP contribution in [0.3, 0.4) is 0 Å². The van der Waals surface area contributed by atoms with Crippen molar-refractivity contribution in [3.05, 3.63) is 46.5 Å². The molecule has 4 N–H and O–H groups in total. The number of rotatable bonds is 3. The van der Waals surface area contributed by atoms with E-state index in [9.17, 15) is 0 Å². The van der Waals surface area contributed by atoms with Crippen LogP contribution in [0.1, 0.15) is 28.7 Å². The Bertz CT molecular complexity index is 850. The number of aromatic amines is 1. The third-order valence-electron chi connectivity index (χ3n) is 4.45. The Hall–Kier alpha value is -2.56. The molecule has 5 nitrogen and oxygen atoms in total. The molecule has 0 amide bonds. The van der Waals surface area contributed by atoms with E-state index in [1.807, 2.05) is 13.0 Å². The molecule has 22 heavy (non-hydrogen) atoms. The number of hydrogen-bond acceptors (Lipinski definition) is 4. The monoisotopic (exact) mass is 293 g/mol. The molecule has 2 heterocycles. The lowest BCUT2D eigenvalue weighted by Gasteiger charge is -2.12. The fraction of sp³-hybridized carbons (Fsp3) is 0.294. The number of nitrogens with zero attached hydrogens (tertiary/aromatic N) is 2. The summed E-state index contributed by atoms with van der Waals surface area (Å²) in [5.74, 6) is 1.44. The van der Waals surface area contributed by atoms with Crippen LogP contribution in [0.2, 0.25) is 0 Å². The minimum atomic E-state index is 0.568. The first kappa shape index (κ1) is 13.1. The van der Waals surface area contributed by atoms with E-state index >= 15 is 0 Å². The molecule has 0 spiro atoms. The largest absolute Gasteiger partial charge is 0.384 e. The van der Waals surface area contributed by atoms with Gasteiger partial charge in [0.25, 0.3) is 0 Å². The number of hydrogen-bond donors (Lipinski definition) is 3. The molecule has 0 radical (unpaired) electrons. The van der Waals surface area contributed by atoms with E-state index in [0.29, 0.717) is 11.5 Å². The number of anilines is 2. The van der Waals surface area contributed by atoms with Crippen molar-refractivity contribution in [1.29, 1.82) is 0 Å². The van der Waals surface area contributed by atoms with Crippen molar-refractivity contribution in [3.63, 3.8) is 0 Å². The number of nitrogens with two attached hydrogens (primary N) is 1. The van der Waals surface area contributed by atoms with E-state index in [1.54, 1.807) is 0 Å². The van der Waals surface area contributed by atoms with Crippen LogP contribution in [-0.2, 0) is 19.4 Å². The molecule has 1 aromatic carbocycles. The molecule has 1 aliphatic carbocycles. The predicted octanol–water partition coefficient (Wildman–Crippen LogP) is 2.95. The Morgan fingerprint density at radius 2 is 2.23 bits per heavy atom. The van der Waals surface area contributed by atoms with Gasteiger partial charge in [0.2, 0.25) is 0 Å². The smallest absolute Gasteiger partial charge is 0.185 e. The van der Waals surface area contributed by atoms with Crippen LogP contribution >= 0.6 is 0 Å².